The van der Waals surface area contributed by atoms with Crippen LogP contribution in [0, 0.1) is 5.92 Å². The van der Waals surface area contributed by atoms with Gasteiger partial charge in [-0.2, -0.15) is 0 Å². The van der Waals surface area contributed by atoms with Crippen LogP contribution in [0.3, 0.4) is 0 Å². The predicted molar refractivity (Wildman–Crippen MR) is 103 cm³/mol. The van der Waals surface area contributed by atoms with Gasteiger partial charge in [0.15, 0.2) is 0 Å². The van der Waals surface area contributed by atoms with Crippen LogP contribution in [-0.4, -0.2) is 41.2 Å². The Balaban J connectivity index is 1.36. The van der Waals surface area contributed by atoms with Crippen molar-refractivity contribution < 1.29 is 9.59 Å². The molecule has 4 nitrogen and oxygen atoms in total. The Kier molecular flexibility index (Phi) is 4.89. The maximum atomic E-state index is 12.9. The summed E-state index contributed by atoms with van der Waals surface area (Å²) >= 11 is 1.74. The van der Waals surface area contributed by atoms with Gasteiger partial charge in [0.2, 0.25) is 11.8 Å². The molecule has 1 aromatic carbocycles. The van der Waals surface area contributed by atoms with Crippen LogP contribution in [0.5, 0.6) is 0 Å². The molecule has 0 radical (unpaired) electrons. The Morgan fingerprint density at radius 3 is 2.69 bits per heavy atom. The van der Waals surface area contributed by atoms with E-state index in [4.69, 9.17) is 0 Å². The summed E-state index contributed by atoms with van der Waals surface area (Å²) in [7, 11) is 0. The molecule has 2 aliphatic heterocycles. The highest BCUT2D eigenvalue weighted by Gasteiger charge is 2.36. The molecule has 0 bridgehead atoms. The molecular formula is C21H22N2O2S. The molecular weight excluding hydrogens is 344 g/mol. The summed E-state index contributed by atoms with van der Waals surface area (Å²) in [6.45, 7) is 2.51. The minimum absolute atomic E-state index is 0.0824. The molecule has 4 rings (SSSR count). The molecule has 0 N–H and O–H groups in total. The lowest BCUT2D eigenvalue weighted by Gasteiger charge is -2.28. The lowest BCUT2D eigenvalue weighted by Crippen LogP contribution is -2.39. The Bertz CT molecular complexity index is 814. The van der Waals surface area contributed by atoms with E-state index >= 15 is 0 Å². The molecule has 134 valence electrons. The third kappa shape index (κ3) is 3.58. The first-order valence-electron chi connectivity index (χ1n) is 9.04. The third-order valence-electron chi connectivity index (χ3n) is 5.14. The highest BCUT2D eigenvalue weighted by atomic mass is 32.1. The zero-order valence-corrected chi connectivity index (χ0v) is 15.5. The van der Waals surface area contributed by atoms with E-state index in [2.05, 4.69) is 23.6 Å². The van der Waals surface area contributed by atoms with E-state index in [1.807, 2.05) is 40.1 Å². The second-order valence-corrected chi connectivity index (χ2v) is 7.85. The summed E-state index contributed by atoms with van der Waals surface area (Å²) in [5, 5.41) is 2.08. The van der Waals surface area contributed by atoms with Gasteiger partial charge in [0, 0.05) is 37.5 Å². The Morgan fingerprint density at radius 2 is 2.00 bits per heavy atom. The van der Waals surface area contributed by atoms with Gasteiger partial charge in [0.25, 0.3) is 0 Å². The zero-order chi connectivity index (χ0) is 17.9. The fraction of sp³-hybridized carbons (Fsp3) is 0.333. The van der Waals surface area contributed by atoms with Gasteiger partial charge >= 0.3 is 0 Å². The van der Waals surface area contributed by atoms with Crippen molar-refractivity contribution in [2.24, 2.45) is 5.92 Å². The monoisotopic (exact) mass is 366 g/mol. The Hall–Kier alpha value is -2.40. The zero-order valence-electron chi connectivity index (χ0n) is 14.6. The van der Waals surface area contributed by atoms with Gasteiger partial charge in [0.1, 0.15) is 0 Å². The molecule has 2 aromatic rings. The summed E-state index contributed by atoms with van der Waals surface area (Å²) in [4.78, 5) is 30.2. The molecule has 1 unspecified atom stereocenters. The lowest BCUT2D eigenvalue weighted by atomic mass is 10.0. The molecule has 2 aliphatic rings. The molecule has 3 heterocycles. The fourth-order valence-electron chi connectivity index (χ4n) is 3.71. The van der Waals surface area contributed by atoms with Crippen LogP contribution in [0.15, 0.2) is 53.9 Å². The number of hydrogen-bond acceptors (Lipinski definition) is 3. The van der Waals surface area contributed by atoms with Crippen molar-refractivity contribution in [3.63, 3.8) is 0 Å². The molecule has 26 heavy (non-hydrogen) atoms. The average molecular weight is 366 g/mol. The molecule has 1 atom stereocenters. The van der Waals surface area contributed by atoms with Gasteiger partial charge in [-0.15, -0.1) is 11.3 Å². The minimum Gasteiger partial charge on any atom is -0.338 e. The Labute approximate surface area is 157 Å². The molecule has 0 aliphatic carbocycles. The topological polar surface area (TPSA) is 40.6 Å². The molecule has 1 aromatic heterocycles. The lowest BCUT2D eigenvalue weighted by molar-refractivity contribution is -0.135. The van der Waals surface area contributed by atoms with Crippen molar-refractivity contribution in [2.75, 3.05) is 19.6 Å². The first kappa shape index (κ1) is 17.0. The van der Waals surface area contributed by atoms with Crippen molar-refractivity contribution in [2.45, 2.75) is 19.4 Å². The van der Waals surface area contributed by atoms with Crippen LogP contribution >= 0.6 is 11.3 Å². The average Bonchev–Trinajstić information content (AvgIpc) is 3.33. The highest BCUT2D eigenvalue weighted by Crippen LogP contribution is 2.28. The van der Waals surface area contributed by atoms with Crippen molar-refractivity contribution in [1.29, 1.82) is 0 Å². The van der Waals surface area contributed by atoms with Crippen LogP contribution in [0.1, 0.15) is 23.3 Å². The molecule has 1 saturated heterocycles. The van der Waals surface area contributed by atoms with Crippen LogP contribution in [0.4, 0.5) is 0 Å². The maximum Gasteiger partial charge on any atom is 0.228 e. The third-order valence-corrected chi connectivity index (χ3v) is 6.08. The fourth-order valence-corrected chi connectivity index (χ4v) is 4.50. The molecule has 0 spiro atoms. The summed E-state index contributed by atoms with van der Waals surface area (Å²) < 4.78 is 0. The smallest absolute Gasteiger partial charge is 0.228 e. The van der Waals surface area contributed by atoms with Gasteiger partial charge in [-0.1, -0.05) is 42.5 Å². The van der Waals surface area contributed by atoms with Gasteiger partial charge in [-0.25, -0.2) is 0 Å². The van der Waals surface area contributed by atoms with Gasteiger partial charge in [0.05, 0.1) is 5.92 Å². The standard InChI is InChI=1S/C21H22N2O2S/c24-20-13-18(15-23(20)14-16-5-2-1-3-6-16)21(25)22-10-8-17(9-11-22)19-7-4-12-26-19/h1-8,12,18H,9-11,13-15H2. The number of hydrogen-bond donors (Lipinski definition) is 0. The summed E-state index contributed by atoms with van der Waals surface area (Å²) in [6, 6.07) is 14.1. The summed E-state index contributed by atoms with van der Waals surface area (Å²) in [6.07, 6.45) is 3.38. The second kappa shape index (κ2) is 7.46. The Morgan fingerprint density at radius 1 is 1.15 bits per heavy atom. The number of nitrogens with zero attached hydrogens (tertiary/aromatic N) is 2. The normalized spacial score (nSPS) is 20.4. The highest BCUT2D eigenvalue weighted by molar-refractivity contribution is 7.11. The number of carbonyl (C=O) groups is 2. The van der Waals surface area contributed by atoms with Crippen molar-refractivity contribution in [3.8, 4) is 0 Å². The number of likely N-dealkylation sites (tertiary alicyclic amines) is 1. The van der Waals surface area contributed by atoms with Crippen molar-refractivity contribution >= 4 is 28.7 Å². The summed E-state index contributed by atoms with van der Waals surface area (Å²) in [5.74, 6) is -0.00248. The van der Waals surface area contributed by atoms with E-state index in [0.717, 1.165) is 18.5 Å². The van der Waals surface area contributed by atoms with E-state index < -0.39 is 0 Å². The van der Waals surface area contributed by atoms with Crippen LogP contribution in [0.25, 0.3) is 5.57 Å². The predicted octanol–water partition coefficient (Wildman–Crippen LogP) is 3.41. The van der Waals surface area contributed by atoms with E-state index in [-0.39, 0.29) is 17.7 Å². The largest absolute Gasteiger partial charge is 0.338 e. The minimum atomic E-state index is -0.206. The van der Waals surface area contributed by atoms with Crippen molar-refractivity contribution in [3.05, 3.63) is 64.4 Å². The first-order chi connectivity index (χ1) is 12.7. The SMILES string of the molecule is O=C1CC(C(=O)N2CC=C(c3cccs3)CC2)CN1Cc1ccccc1. The van der Waals surface area contributed by atoms with Gasteiger partial charge < -0.3 is 9.80 Å². The number of carbonyl (C=O) groups excluding carboxylic acids is 2. The van der Waals surface area contributed by atoms with E-state index in [9.17, 15) is 9.59 Å². The first-order valence-corrected chi connectivity index (χ1v) is 9.92. The summed E-state index contributed by atoms with van der Waals surface area (Å²) in [5.41, 5.74) is 2.44. The van der Waals surface area contributed by atoms with Gasteiger partial charge in [-0.3, -0.25) is 9.59 Å². The van der Waals surface area contributed by atoms with Gasteiger partial charge in [-0.05, 0) is 29.0 Å². The number of benzene rings is 1. The number of rotatable bonds is 4. The molecule has 1 fully saturated rings. The molecule has 2 amide bonds. The number of amides is 2. The van der Waals surface area contributed by atoms with E-state index in [1.165, 1.54) is 10.5 Å². The van der Waals surface area contributed by atoms with Crippen LogP contribution < -0.4 is 0 Å². The molecule has 0 saturated carbocycles. The maximum absolute atomic E-state index is 12.9. The quantitative estimate of drug-likeness (QED) is 0.832. The van der Waals surface area contributed by atoms with Crippen LogP contribution in [-0.2, 0) is 16.1 Å². The van der Waals surface area contributed by atoms with E-state index in [0.29, 0.717) is 26.1 Å². The molecule has 5 heteroatoms. The van der Waals surface area contributed by atoms with Crippen LogP contribution in [0.2, 0.25) is 0 Å². The van der Waals surface area contributed by atoms with E-state index in [1.54, 1.807) is 11.3 Å². The second-order valence-electron chi connectivity index (χ2n) is 6.90. The number of thiophene rings is 1. The van der Waals surface area contributed by atoms with Crippen molar-refractivity contribution in [1.82, 2.24) is 9.80 Å².